The van der Waals surface area contributed by atoms with Gasteiger partial charge in [-0.1, -0.05) is 49.2 Å². The summed E-state index contributed by atoms with van der Waals surface area (Å²) in [4.78, 5) is 25.8. The fraction of sp³-hybridized carbons (Fsp3) is 0.217. The number of halogens is 1. The summed E-state index contributed by atoms with van der Waals surface area (Å²) >= 11 is 7.39. The largest absolute Gasteiger partial charge is 0.322 e. The van der Waals surface area contributed by atoms with E-state index in [0.29, 0.717) is 32.8 Å². The highest BCUT2D eigenvalue weighted by molar-refractivity contribution is 7.15. The van der Waals surface area contributed by atoms with Crippen LogP contribution in [0.2, 0.25) is 5.02 Å². The molecule has 0 aliphatic heterocycles. The van der Waals surface area contributed by atoms with E-state index in [-0.39, 0.29) is 11.8 Å². The van der Waals surface area contributed by atoms with E-state index < -0.39 is 0 Å². The summed E-state index contributed by atoms with van der Waals surface area (Å²) in [5.41, 5.74) is 3.67. The quantitative estimate of drug-likeness (QED) is 0.478. The predicted molar refractivity (Wildman–Crippen MR) is 121 cm³/mol. The molecule has 2 N–H and O–H groups in total. The zero-order valence-corrected chi connectivity index (χ0v) is 18.2. The van der Waals surface area contributed by atoms with E-state index in [1.807, 2.05) is 24.4 Å². The van der Waals surface area contributed by atoms with Gasteiger partial charge in [0, 0.05) is 16.3 Å². The minimum Gasteiger partial charge on any atom is -0.322 e. The van der Waals surface area contributed by atoms with E-state index in [1.54, 1.807) is 36.4 Å². The van der Waals surface area contributed by atoms with Crippen molar-refractivity contribution in [3.63, 3.8) is 0 Å². The van der Waals surface area contributed by atoms with Gasteiger partial charge in [-0.05, 0) is 60.5 Å². The van der Waals surface area contributed by atoms with E-state index in [4.69, 9.17) is 11.6 Å². The average molecular weight is 427 g/mol. The van der Waals surface area contributed by atoms with Crippen molar-refractivity contribution < 1.29 is 9.59 Å². The summed E-state index contributed by atoms with van der Waals surface area (Å²) < 4.78 is 0. The Morgan fingerprint density at radius 1 is 1.03 bits per heavy atom. The Morgan fingerprint density at radius 2 is 1.76 bits per heavy atom. The number of rotatable bonds is 6. The van der Waals surface area contributed by atoms with Crippen LogP contribution >= 0.6 is 22.9 Å². The molecule has 150 valence electrons. The monoisotopic (exact) mass is 426 g/mol. The topological polar surface area (TPSA) is 58.2 Å². The molecule has 2 amide bonds. The van der Waals surface area contributed by atoms with Gasteiger partial charge in [-0.2, -0.15) is 0 Å². The molecule has 0 spiro atoms. The van der Waals surface area contributed by atoms with E-state index in [9.17, 15) is 9.59 Å². The summed E-state index contributed by atoms with van der Waals surface area (Å²) in [5, 5.41) is 8.84. The Morgan fingerprint density at radius 3 is 2.41 bits per heavy atom. The molecule has 0 aliphatic rings. The number of anilines is 2. The van der Waals surface area contributed by atoms with Gasteiger partial charge in [0.15, 0.2) is 0 Å². The van der Waals surface area contributed by atoms with Crippen LogP contribution in [0.3, 0.4) is 0 Å². The smallest absolute Gasteiger partial charge is 0.258 e. The second-order valence-corrected chi connectivity index (χ2v) is 8.66. The van der Waals surface area contributed by atoms with Crippen LogP contribution in [0.25, 0.3) is 0 Å². The van der Waals surface area contributed by atoms with Crippen LogP contribution in [0.5, 0.6) is 0 Å². The number of thiophene rings is 1. The summed E-state index contributed by atoms with van der Waals surface area (Å²) in [6, 6.07) is 14.3. The number of carbonyl (C=O) groups excluding carboxylic acids is 2. The number of benzene rings is 2. The van der Waals surface area contributed by atoms with Crippen molar-refractivity contribution in [3.8, 4) is 0 Å². The fourth-order valence-corrected chi connectivity index (χ4v) is 4.12. The highest BCUT2D eigenvalue weighted by atomic mass is 35.5. The molecule has 6 heteroatoms. The van der Waals surface area contributed by atoms with Crippen LogP contribution in [0, 0.1) is 12.8 Å². The average Bonchev–Trinajstić information content (AvgIpc) is 3.03. The van der Waals surface area contributed by atoms with E-state index in [1.165, 1.54) is 11.3 Å². The van der Waals surface area contributed by atoms with Crippen molar-refractivity contribution in [3.05, 3.63) is 81.2 Å². The highest BCUT2D eigenvalue weighted by Gasteiger charge is 2.22. The maximum absolute atomic E-state index is 13.1. The van der Waals surface area contributed by atoms with Crippen molar-refractivity contribution in [2.75, 3.05) is 10.6 Å². The first-order valence-corrected chi connectivity index (χ1v) is 10.6. The van der Waals surface area contributed by atoms with E-state index in [2.05, 4.69) is 24.5 Å². The molecule has 0 aliphatic carbocycles. The molecular formula is C23H23ClN2O2S. The normalized spacial score (nSPS) is 10.8. The molecule has 0 fully saturated rings. The standard InChI is InChI=1S/C23H23ClN2O2S/c1-14(2)11-17-13-29-23(26-21(27)16-9-7-15(3)8-10-16)20(17)22(28)25-19-6-4-5-18(24)12-19/h4-10,12-14H,11H2,1-3H3,(H,25,28)(H,26,27). The van der Waals surface area contributed by atoms with Crippen LogP contribution in [0.4, 0.5) is 10.7 Å². The van der Waals surface area contributed by atoms with Crippen LogP contribution < -0.4 is 10.6 Å². The molecule has 0 bridgehead atoms. The Kier molecular flexibility index (Phi) is 6.72. The molecule has 3 rings (SSSR count). The van der Waals surface area contributed by atoms with Crippen LogP contribution in [0.15, 0.2) is 53.9 Å². The Bertz CT molecular complexity index is 1030. The number of amides is 2. The first kappa shape index (κ1) is 21.1. The van der Waals surface area contributed by atoms with Crippen molar-refractivity contribution in [2.24, 2.45) is 5.92 Å². The molecule has 1 aromatic heterocycles. The lowest BCUT2D eigenvalue weighted by Gasteiger charge is -2.11. The second kappa shape index (κ2) is 9.25. The SMILES string of the molecule is Cc1ccc(C(=O)Nc2scc(CC(C)C)c2C(=O)Nc2cccc(Cl)c2)cc1. The maximum Gasteiger partial charge on any atom is 0.258 e. The Labute approximate surface area is 179 Å². The summed E-state index contributed by atoms with van der Waals surface area (Å²) in [7, 11) is 0. The minimum atomic E-state index is -0.261. The number of hydrogen-bond donors (Lipinski definition) is 2. The van der Waals surface area contributed by atoms with Crippen molar-refractivity contribution >= 4 is 45.4 Å². The lowest BCUT2D eigenvalue weighted by atomic mass is 10.0. The molecule has 0 unspecified atom stereocenters. The van der Waals surface area contributed by atoms with Gasteiger partial charge in [0.2, 0.25) is 0 Å². The lowest BCUT2D eigenvalue weighted by Crippen LogP contribution is -2.18. The molecule has 4 nitrogen and oxygen atoms in total. The first-order chi connectivity index (χ1) is 13.8. The summed E-state index contributed by atoms with van der Waals surface area (Å²) in [5.74, 6) is -0.119. The fourth-order valence-electron chi connectivity index (χ4n) is 2.96. The van der Waals surface area contributed by atoms with Crippen LogP contribution in [-0.2, 0) is 6.42 Å². The second-order valence-electron chi connectivity index (χ2n) is 7.35. The van der Waals surface area contributed by atoms with Gasteiger partial charge in [-0.15, -0.1) is 11.3 Å². The third-order valence-corrected chi connectivity index (χ3v) is 5.53. The third-order valence-electron chi connectivity index (χ3n) is 4.35. The van der Waals surface area contributed by atoms with Gasteiger partial charge in [0.05, 0.1) is 5.56 Å². The Balaban J connectivity index is 1.89. The van der Waals surface area contributed by atoms with Gasteiger partial charge in [-0.3, -0.25) is 9.59 Å². The Hall–Kier alpha value is -2.63. The molecule has 1 heterocycles. The van der Waals surface area contributed by atoms with E-state index >= 15 is 0 Å². The molecule has 2 aromatic carbocycles. The summed E-state index contributed by atoms with van der Waals surface area (Å²) in [6.07, 6.45) is 0.745. The maximum atomic E-state index is 13.1. The summed E-state index contributed by atoms with van der Waals surface area (Å²) in [6.45, 7) is 6.17. The predicted octanol–water partition coefficient (Wildman–Crippen LogP) is 6.41. The van der Waals surface area contributed by atoms with Gasteiger partial charge in [0.25, 0.3) is 11.8 Å². The van der Waals surface area contributed by atoms with E-state index in [0.717, 1.165) is 17.5 Å². The number of aryl methyl sites for hydroxylation is 1. The van der Waals surface area contributed by atoms with Gasteiger partial charge < -0.3 is 10.6 Å². The van der Waals surface area contributed by atoms with Gasteiger partial charge in [0.1, 0.15) is 5.00 Å². The molecule has 0 saturated carbocycles. The zero-order chi connectivity index (χ0) is 21.0. The molecular weight excluding hydrogens is 404 g/mol. The number of hydrogen-bond acceptors (Lipinski definition) is 3. The van der Waals surface area contributed by atoms with Gasteiger partial charge in [-0.25, -0.2) is 0 Å². The van der Waals surface area contributed by atoms with Gasteiger partial charge >= 0.3 is 0 Å². The number of carbonyl (C=O) groups is 2. The zero-order valence-electron chi connectivity index (χ0n) is 16.6. The highest BCUT2D eigenvalue weighted by Crippen LogP contribution is 2.31. The van der Waals surface area contributed by atoms with Crippen LogP contribution in [0.1, 0.15) is 45.7 Å². The van der Waals surface area contributed by atoms with Crippen molar-refractivity contribution in [2.45, 2.75) is 27.2 Å². The third kappa shape index (κ3) is 5.46. The van der Waals surface area contributed by atoms with Crippen molar-refractivity contribution in [1.82, 2.24) is 0 Å². The van der Waals surface area contributed by atoms with Crippen molar-refractivity contribution in [1.29, 1.82) is 0 Å². The molecule has 0 radical (unpaired) electrons. The number of nitrogens with one attached hydrogen (secondary N) is 2. The van der Waals surface area contributed by atoms with Crippen LogP contribution in [-0.4, -0.2) is 11.8 Å². The molecule has 3 aromatic rings. The minimum absolute atomic E-state index is 0.236. The molecule has 0 atom stereocenters. The lowest BCUT2D eigenvalue weighted by molar-refractivity contribution is 0.102. The molecule has 0 saturated heterocycles. The molecule has 29 heavy (non-hydrogen) atoms. The first-order valence-electron chi connectivity index (χ1n) is 9.38.